The van der Waals surface area contributed by atoms with Crippen molar-refractivity contribution in [2.24, 2.45) is 0 Å². The van der Waals surface area contributed by atoms with Gasteiger partial charge in [0, 0.05) is 0 Å². The van der Waals surface area contributed by atoms with Gasteiger partial charge in [0.25, 0.3) is 0 Å². The van der Waals surface area contributed by atoms with Crippen molar-refractivity contribution in [2.75, 3.05) is 7.11 Å². The summed E-state index contributed by atoms with van der Waals surface area (Å²) in [4.78, 5) is 10.8. The van der Waals surface area contributed by atoms with Gasteiger partial charge < -0.3 is 9.84 Å². The lowest BCUT2D eigenvalue weighted by Gasteiger charge is -2.07. The number of aryl methyl sites for hydroxylation is 1. The van der Waals surface area contributed by atoms with Crippen molar-refractivity contribution in [1.29, 1.82) is 0 Å². The van der Waals surface area contributed by atoms with E-state index >= 15 is 0 Å². The minimum absolute atomic E-state index is 0.135. The summed E-state index contributed by atoms with van der Waals surface area (Å²) in [6.07, 6.45) is 0.585. The van der Waals surface area contributed by atoms with Gasteiger partial charge in [0.2, 0.25) is 0 Å². The van der Waals surface area contributed by atoms with Crippen LogP contribution in [0, 0.1) is 5.82 Å². The maximum absolute atomic E-state index is 13.3. The van der Waals surface area contributed by atoms with E-state index < -0.39 is 11.8 Å². The molecule has 1 aromatic carbocycles. The van der Waals surface area contributed by atoms with Crippen LogP contribution in [0.5, 0.6) is 5.75 Å². The van der Waals surface area contributed by atoms with E-state index in [9.17, 15) is 9.18 Å². The van der Waals surface area contributed by atoms with Crippen molar-refractivity contribution in [2.45, 2.75) is 13.3 Å². The monoisotopic (exact) mass is 198 g/mol. The zero-order chi connectivity index (χ0) is 10.7. The van der Waals surface area contributed by atoms with Gasteiger partial charge in [-0.1, -0.05) is 6.92 Å². The Hall–Kier alpha value is -1.58. The molecule has 4 heteroatoms. The van der Waals surface area contributed by atoms with Crippen molar-refractivity contribution in [3.63, 3.8) is 0 Å². The quantitative estimate of drug-likeness (QED) is 0.808. The lowest BCUT2D eigenvalue weighted by molar-refractivity contribution is 0.0692. The van der Waals surface area contributed by atoms with E-state index in [1.54, 1.807) is 0 Å². The average Bonchev–Trinajstić information content (AvgIpc) is 2.16. The van der Waals surface area contributed by atoms with Crippen molar-refractivity contribution in [1.82, 2.24) is 0 Å². The SMILES string of the molecule is CCc1cc(F)c(OC)c(C(=O)O)c1. The Balaban J connectivity index is 3.35. The zero-order valence-electron chi connectivity index (χ0n) is 8.00. The smallest absolute Gasteiger partial charge is 0.339 e. The van der Waals surface area contributed by atoms with E-state index in [1.165, 1.54) is 19.2 Å². The molecular formula is C10H11FO3. The summed E-state index contributed by atoms with van der Waals surface area (Å²) in [6, 6.07) is 2.70. The van der Waals surface area contributed by atoms with Crippen LogP contribution < -0.4 is 4.74 Å². The van der Waals surface area contributed by atoms with E-state index in [0.717, 1.165) is 0 Å². The molecule has 1 N–H and O–H groups in total. The molecule has 76 valence electrons. The lowest BCUT2D eigenvalue weighted by atomic mass is 10.1. The first-order chi connectivity index (χ1) is 6.60. The van der Waals surface area contributed by atoms with E-state index in [2.05, 4.69) is 4.74 Å². The van der Waals surface area contributed by atoms with Crippen LogP contribution in [0.2, 0.25) is 0 Å². The first kappa shape index (κ1) is 10.5. The molecule has 0 aromatic heterocycles. The highest BCUT2D eigenvalue weighted by Gasteiger charge is 2.16. The van der Waals surface area contributed by atoms with E-state index in [-0.39, 0.29) is 11.3 Å². The number of ether oxygens (including phenoxy) is 1. The molecule has 0 fully saturated rings. The number of halogens is 1. The molecule has 0 aliphatic rings. The first-order valence-corrected chi connectivity index (χ1v) is 4.19. The predicted octanol–water partition coefficient (Wildman–Crippen LogP) is 2.09. The minimum Gasteiger partial charge on any atom is -0.493 e. The van der Waals surface area contributed by atoms with Crippen molar-refractivity contribution >= 4 is 5.97 Å². The number of methoxy groups -OCH3 is 1. The molecule has 3 nitrogen and oxygen atoms in total. The summed E-state index contributed by atoms with van der Waals surface area (Å²) in [5, 5.41) is 8.79. The summed E-state index contributed by atoms with van der Waals surface area (Å²) < 4.78 is 18.0. The van der Waals surface area contributed by atoms with Gasteiger partial charge in [0.1, 0.15) is 5.56 Å². The van der Waals surface area contributed by atoms with Crippen LogP contribution in [0.25, 0.3) is 0 Å². The van der Waals surface area contributed by atoms with Gasteiger partial charge in [-0.05, 0) is 24.1 Å². The molecule has 0 saturated heterocycles. The van der Waals surface area contributed by atoms with Gasteiger partial charge in [-0.25, -0.2) is 9.18 Å². The summed E-state index contributed by atoms with van der Waals surface area (Å²) in [5.74, 6) is -2.03. The molecule has 0 radical (unpaired) electrons. The average molecular weight is 198 g/mol. The summed E-state index contributed by atoms with van der Waals surface area (Å²) in [6.45, 7) is 1.83. The molecule has 0 spiro atoms. The fraction of sp³-hybridized carbons (Fsp3) is 0.300. The molecule has 0 atom stereocenters. The molecule has 14 heavy (non-hydrogen) atoms. The Morgan fingerprint density at radius 1 is 1.57 bits per heavy atom. The van der Waals surface area contributed by atoms with Crippen molar-refractivity contribution in [3.8, 4) is 5.75 Å². The van der Waals surface area contributed by atoms with Crippen LogP contribution >= 0.6 is 0 Å². The second-order valence-corrected chi connectivity index (χ2v) is 2.82. The molecular weight excluding hydrogens is 187 g/mol. The van der Waals surface area contributed by atoms with Gasteiger partial charge >= 0.3 is 5.97 Å². The number of hydrogen-bond donors (Lipinski definition) is 1. The first-order valence-electron chi connectivity index (χ1n) is 4.19. The third-order valence-electron chi connectivity index (χ3n) is 1.95. The Bertz CT molecular complexity index is 361. The van der Waals surface area contributed by atoms with Gasteiger partial charge in [0.05, 0.1) is 7.11 Å². The van der Waals surface area contributed by atoms with Crippen LogP contribution in [-0.4, -0.2) is 18.2 Å². The summed E-state index contributed by atoms with van der Waals surface area (Å²) in [7, 11) is 1.25. The van der Waals surface area contributed by atoms with Gasteiger partial charge in [-0.15, -0.1) is 0 Å². The number of benzene rings is 1. The topological polar surface area (TPSA) is 46.5 Å². The molecule has 0 aliphatic carbocycles. The maximum Gasteiger partial charge on any atom is 0.339 e. The van der Waals surface area contributed by atoms with Crippen LogP contribution in [0.15, 0.2) is 12.1 Å². The van der Waals surface area contributed by atoms with E-state index in [0.29, 0.717) is 12.0 Å². The van der Waals surface area contributed by atoms with Gasteiger partial charge in [-0.3, -0.25) is 0 Å². The zero-order valence-corrected chi connectivity index (χ0v) is 8.00. The van der Waals surface area contributed by atoms with Crippen LogP contribution in [0.3, 0.4) is 0 Å². The minimum atomic E-state index is -1.18. The van der Waals surface area contributed by atoms with Gasteiger partial charge in [-0.2, -0.15) is 0 Å². The molecule has 0 aliphatic heterocycles. The number of carbonyl (C=O) groups is 1. The Morgan fingerprint density at radius 2 is 2.21 bits per heavy atom. The molecule has 0 amide bonds. The lowest BCUT2D eigenvalue weighted by Crippen LogP contribution is -2.04. The Kier molecular flexibility index (Phi) is 3.06. The second-order valence-electron chi connectivity index (χ2n) is 2.82. The highest BCUT2D eigenvalue weighted by atomic mass is 19.1. The number of aromatic carboxylic acids is 1. The molecule has 0 unspecified atom stereocenters. The molecule has 0 bridgehead atoms. The third kappa shape index (κ3) is 1.84. The standard InChI is InChI=1S/C10H11FO3/c1-3-6-4-7(10(12)13)9(14-2)8(11)5-6/h4-5H,3H2,1-2H3,(H,12,13). The molecule has 1 rings (SSSR count). The van der Waals surface area contributed by atoms with Crippen LogP contribution in [0.1, 0.15) is 22.8 Å². The van der Waals surface area contributed by atoms with E-state index in [4.69, 9.17) is 5.11 Å². The Morgan fingerprint density at radius 3 is 2.64 bits per heavy atom. The van der Waals surface area contributed by atoms with Crippen molar-refractivity contribution in [3.05, 3.63) is 29.1 Å². The number of carboxylic acid groups (broad SMARTS) is 1. The number of hydrogen-bond acceptors (Lipinski definition) is 2. The van der Waals surface area contributed by atoms with Gasteiger partial charge in [0.15, 0.2) is 11.6 Å². The van der Waals surface area contributed by atoms with Crippen LogP contribution in [-0.2, 0) is 6.42 Å². The number of carboxylic acids is 1. The fourth-order valence-corrected chi connectivity index (χ4v) is 1.22. The van der Waals surface area contributed by atoms with E-state index in [1.807, 2.05) is 6.92 Å². The summed E-state index contributed by atoms with van der Waals surface area (Å²) in [5.41, 5.74) is 0.505. The van der Waals surface area contributed by atoms with Crippen molar-refractivity contribution < 1.29 is 19.0 Å². The largest absolute Gasteiger partial charge is 0.493 e. The second kappa shape index (κ2) is 4.09. The molecule has 1 aromatic rings. The Labute approximate surface area is 81.1 Å². The predicted molar refractivity (Wildman–Crippen MR) is 49.3 cm³/mol. The summed E-state index contributed by atoms with van der Waals surface area (Å²) >= 11 is 0. The maximum atomic E-state index is 13.3. The number of rotatable bonds is 3. The molecule has 0 heterocycles. The normalized spacial score (nSPS) is 9.93. The molecule has 0 saturated carbocycles. The highest BCUT2D eigenvalue weighted by Crippen LogP contribution is 2.24. The van der Waals surface area contributed by atoms with Crippen LogP contribution in [0.4, 0.5) is 4.39 Å². The highest BCUT2D eigenvalue weighted by molar-refractivity contribution is 5.91. The fourth-order valence-electron chi connectivity index (χ4n) is 1.22. The third-order valence-corrected chi connectivity index (χ3v) is 1.95.